The van der Waals surface area contributed by atoms with Crippen molar-refractivity contribution in [2.24, 2.45) is 0 Å². The van der Waals surface area contributed by atoms with Crippen molar-refractivity contribution in [2.45, 2.75) is 13.8 Å². The number of aromatic hydroxyl groups is 1. The first kappa shape index (κ1) is 9.10. The van der Waals surface area contributed by atoms with Gasteiger partial charge in [0.25, 0.3) is 0 Å². The van der Waals surface area contributed by atoms with E-state index in [9.17, 15) is 0 Å². The van der Waals surface area contributed by atoms with Gasteiger partial charge in [0.1, 0.15) is 5.75 Å². The molecule has 0 saturated heterocycles. The normalized spacial score (nSPS) is 10.0. The molecule has 64 valence electrons. The molecule has 0 bridgehead atoms. The zero-order valence-electron chi connectivity index (χ0n) is 7.07. The van der Waals surface area contributed by atoms with Gasteiger partial charge in [0, 0.05) is 0 Å². The Balaban J connectivity index is 3.28. The molecular formula is C8H11BO3. The topological polar surface area (TPSA) is 60.7 Å². The van der Waals surface area contributed by atoms with Crippen molar-refractivity contribution < 1.29 is 15.2 Å². The summed E-state index contributed by atoms with van der Waals surface area (Å²) in [5.41, 5.74) is 1.99. The van der Waals surface area contributed by atoms with Crippen molar-refractivity contribution in [3.05, 3.63) is 23.3 Å². The molecule has 0 aliphatic rings. The Morgan fingerprint density at radius 1 is 1.17 bits per heavy atom. The highest BCUT2D eigenvalue weighted by Crippen LogP contribution is 2.12. The van der Waals surface area contributed by atoms with Crippen molar-refractivity contribution in [1.29, 1.82) is 0 Å². The summed E-state index contributed by atoms with van der Waals surface area (Å²) < 4.78 is 0. The van der Waals surface area contributed by atoms with Gasteiger partial charge in [-0.1, -0.05) is 0 Å². The Morgan fingerprint density at radius 3 is 2.25 bits per heavy atom. The molecule has 0 fully saturated rings. The van der Waals surface area contributed by atoms with Crippen LogP contribution in [-0.4, -0.2) is 22.3 Å². The number of aryl methyl sites for hydroxylation is 1. The Kier molecular flexibility index (Phi) is 2.40. The number of hydrogen-bond donors (Lipinski definition) is 3. The number of phenols is 1. The lowest BCUT2D eigenvalue weighted by Gasteiger charge is -2.07. The Hall–Kier alpha value is -0.995. The van der Waals surface area contributed by atoms with Gasteiger partial charge in [0.05, 0.1) is 0 Å². The van der Waals surface area contributed by atoms with Gasteiger partial charge in [0.15, 0.2) is 0 Å². The lowest BCUT2D eigenvalue weighted by molar-refractivity contribution is 0.424. The van der Waals surface area contributed by atoms with Crippen LogP contribution in [0.15, 0.2) is 12.1 Å². The van der Waals surface area contributed by atoms with E-state index in [0.717, 1.165) is 11.1 Å². The molecule has 0 aliphatic heterocycles. The molecule has 3 N–H and O–H groups in total. The van der Waals surface area contributed by atoms with E-state index in [2.05, 4.69) is 0 Å². The highest BCUT2D eigenvalue weighted by Gasteiger charge is 2.15. The molecule has 1 aromatic rings. The van der Waals surface area contributed by atoms with Gasteiger partial charge in [-0.25, -0.2) is 0 Å². The van der Waals surface area contributed by atoms with Crippen molar-refractivity contribution in [3.8, 4) is 5.75 Å². The van der Waals surface area contributed by atoms with E-state index in [-0.39, 0.29) is 5.75 Å². The summed E-state index contributed by atoms with van der Waals surface area (Å²) >= 11 is 0. The van der Waals surface area contributed by atoms with Gasteiger partial charge < -0.3 is 15.2 Å². The molecule has 1 aromatic carbocycles. The summed E-state index contributed by atoms with van der Waals surface area (Å²) in [4.78, 5) is 0. The molecule has 0 unspecified atom stereocenters. The SMILES string of the molecule is Cc1cc(O)cc(B(O)O)c1C. The van der Waals surface area contributed by atoms with Gasteiger partial charge in [-0.2, -0.15) is 0 Å². The molecular weight excluding hydrogens is 155 g/mol. The summed E-state index contributed by atoms with van der Waals surface area (Å²) in [5, 5.41) is 26.9. The maximum Gasteiger partial charge on any atom is 0.488 e. The summed E-state index contributed by atoms with van der Waals surface area (Å²) in [6.45, 7) is 3.59. The monoisotopic (exact) mass is 166 g/mol. The summed E-state index contributed by atoms with van der Waals surface area (Å²) in [6, 6.07) is 2.94. The first-order valence-electron chi connectivity index (χ1n) is 3.68. The third-order valence-electron chi connectivity index (χ3n) is 1.97. The maximum absolute atomic E-state index is 9.14. The first-order valence-corrected chi connectivity index (χ1v) is 3.68. The standard InChI is InChI=1S/C8H11BO3/c1-5-3-7(10)4-8(6(5)2)9(11)12/h3-4,10-12H,1-2H3. The molecule has 0 atom stereocenters. The number of phenolic OH excluding ortho intramolecular Hbond substituents is 1. The predicted molar refractivity (Wildman–Crippen MR) is 47.4 cm³/mol. The molecule has 0 aliphatic carbocycles. The Bertz CT molecular complexity index is 297. The first-order chi connectivity index (χ1) is 5.52. The van der Waals surface area contributed by atoms with Crippen LogP contribution in [0.25, 0.3) is 0 Å². The number of hydrogen-bond acceptors (Lipinski definition) is 3. The second-order valence-electron chi connectivity index (χ2n) is 2.85. The van der Waals surface area contributed by atoms with E-state index in [4.69, 9.17) is 15.2 Å². The van der Waals surface area contributed by atoms with E-state index < -0.39 is 7.12 Å². The van der Waals surface area contributed by atoms with Gasteiger partial charge in [-0.05, 0) is 42.6 Å². The van der Waals surface area contributed by atoms with Crippen LogP contribution in [0.4, 0.5) is 0 Å². The fourth-order valence-corrected chi connectivity index (χ4v) is 1.14. The second-order valence-corrected chi connectivity index (χ2v) is 2.85. The average molecular weight is 166 g/mol. The summed E-state index contributed by atoms with van der Waals surface area (Å²) in [5.74, 6) is 0.0567. The van der Waals surface area contributed by atoms with Crippen LogP contribution in [0, 0.1) is 13.8 Å². The lowest BCUT2D eigenvalue weighted by atomic mass is 9.76. The van der Waals surface area contributed by atoms with E-state index >= 15 is 0 Å². The van der Waals surface area contributed by atoms with Gasteiger partial charge in [0.2, 0.25) is 0 Å². The fraction of sp³-hybridized carbons (Fsp3) is 0.250. The van der Waals surface area contributed by atoms with Crippen LogP contribution < -0.4 is 5.46 Å². The highest BCUT2D eigenvalue weighted by atomic mass is 16.4. The van der Waals surface area contributed by atoms with E-state index in [1.807, 2.05) is 0 Å². The van der Waals surface area contributed by atoms with Crippen LogP contribution in [0.2, 0.25) is 0 Å². The van der Waals surface area contributed by atoms with Crippen molar-refractivity contribution in [1.82, 2.24) is 0 Å². The molecule has 1 rings (SSSR count). The van der Waals surface area contributed by atoms with Crippen LogP contribution in [0.5, 0.6) is 5.75 Å². The Morgan fingerprint density at radius 2 is 1.75 bits per heavy atom. The molecule has 4 heteroatoms. The molecule has 0 aromatic heterocycles. The van der Waals surface area contributed by atoms with E-state index in [0.29, 0.717) is 5.46 Å². The molecule has 0 radical (unpaired) electrons. The predicted octanol–water partition coefficient (Wildman–Crippen LogP) is -0.311. The summed E-state index contributed by atoms with van der Waals surface area (Å²) in [7, 11) is -1.52. The van der Waals surface area contributed by atoms with Gasteiger partial charge in [-0.3, -0.25) is 0 Å². The molecule has 3 nitrogen and oxygen atoms in total. The molecule has 0 heterocycles. The molecule has 0 saturated carbocycles. The van der Waals surface area contributed by atoms with Crippen molar-refractivity contribution in [2.75, 3.05) is 0 Å². The molecule has 0 spiro atoms. The summed E-state index contributed by atoms with van der Waals surface area (Å²) in [6.07, 6.45) is 0. The van der Waals surface area contributed by atoms with Crippen LogP contribution in [0.3, 0.4) is 0 Å². The minimum atomic E-state index is -1.52. The van der Waals surface area contributed by atoms with Crippen LogP contribution in [-0.2, 0) is 0 Å². The van der Waals surface area contributed by atoms with Crippen molar-refractivity contribution >= 4 is 12.6 Å². The van der Waals surface area contributed by atoms with Gasteiger partial charge >= 0.3 is 7.12 Å². The fourth-order valence-electron chi connectivity index (χ4n) is 1.14. The van der Waals surface area contributed by atoms with Crippen molar-refractivity contribution in [3.63, 3.8) is 0 Å². The van der Waals surface area contributed by atoms with E-state index in [1.165, 1.54) is 6.07 Å². The number of benzene rings is 1. The van der Waals surface area contributed by atoms with Crippen LogP contribution in [0.1, 0.15) is 11.1 Å². The Labute approximate surface area is 71.4 Å². The largest absolute Gasteiger partial charge is 0.508 e. The van der Waals surface area contributed by atoms with Gasteiger partial charge in [-0.15, -0.1) is 0 Å². The smallest absolute Gasteiger partial charge is 0.488 e. The zero-order chi connectivity index (χ0) is 9.30. The van der Waals surface area contributed by atoms with E-state index in [1.54, 1.807) is 19.9 Å². The number of rotatable bonds is 1. The van der Waals surface area contributed by atoms with Crippen LogP contribution >= 0.6 is 0 Å². The maximum atomic E-state index is 9.14. The quantitative estimate of drug-likeness (QED) is 0.501. The third kappa shape index (κ3) is 1.60. The zero-order valence-corrected chi connectivity index (χ0v) is 7.07. The molecule has 12 heavy (non-hydrogen) atoms. The second kappa shape index (κ2) is 3.17. The highest BCUT2D eigenvalue weighted by molar-refractivity contribution is 6.59. The third-order valence-corrected chi connectivity index (χ3v) is 1.97. The minimum absolute atomic E-state index is 0.0567. The lowest BCUT2D eigenvalue weighted by Crippen LogP contribution is -2.32. The molecule has 0 amide bonds. The minimum Gasteiger partial charge on any atom is -0.508 e. The average Bonchev–Trinajstić information content (AvgIpc) is 1.96.